The van der Waals surface area contributed by atoms with Crippen molar-refractivity contribution in [3.05, 3.63) is 0 Å². The smallest absolute Gasteiger partial charge is 0.324 e. The van der Waals surface area contributed by atoms with Crippen molar-refractivity contribution in [2.24, 2.45) is 5.73 Å². The van der Waals surface area contributed by atoms with Gasteiger partial charge in [-0.1, -0.05) is 0 Å². The predicted octanol–water partition coefficient (Wildman–Crippen LogP) is 0.742. The summed E-state index contributed by atoms with van der Waals surface area (Å²) >= 11 is 0. The van der Waals surface area contributed by atoms with E-state index in [9.17, 15) is 22.4 Å². The molecule has 0 unspecified atom stereocenters. The zero-order chi connectivity index (χ0) is 11.2. The van der Waals surface area contributed by atoms with E-state index in [1.54, 1.807) is 5.32 Å². The Bertz CT molecular complexity index is 187. The molecule has 14 heavy (non-hydrogen) atoms. The van der Waals surface area contributed by atoms with Gasteiger partial charge in [0.05, 0.1) is 6.54 Å². The van der Waals surface area contributed by atoms with Gasteiger partial charge in [-0.3, -0.25) is 4.79 Å². The highest BCUT2D eigenvalue weighted by Crippen LogP contribution is 2.21. The number of amides is 1. The van der Waals surface area contributed by atoms with Crippen LogP contribution in [0.1, 0.15) is 12.8 Å². The van der Waals surface area contributed by atoms with Crippen molar-refractivity contribution in [2.75, 3.05) is 13.1 Å². The molecule has 0 aromatic heterocycles. The third-order valence-electron chi connectivity index (χ3n) is 1.45. The van der Waals surface area contributed by atoms with E-state index < -0.39 is 24.8 Å². The van der Waals surface area contributed by atoms with E-state index in [4.69, 9.17) is 5.73 Å². The third-order valence-corrected chi connectivity index (χ3v) is 1.45. The van der Waals surface area contributed by atoms with Crippen LogP contribution in [0.3, 0.4) is 0 Å². The van der Waals surface area contributed by atoms with Crippen LogP contribution < -0.4 is 11.1 Å². The first kappa shape index (κ1) is 13.2. The van der Waals surface area contributed by atoms with Gasteiger partial charge in [0.1, 0.15) is 0 Å². The average Bonchev–Trinajstić information content (AvgIpc) is 2.11. The summed E-state index contributed by atoms with van der Waals surface area (Å²) in [4.78, 5) is 10.7. The lowest BCUT2D eigenvalue weighted by Gasteiger charge is -2.15. The number of rotatable bonds is 6. The highest BCUT2D eigenvalue weighted by molar-refractivity contribution is 5.75. The summed E-state index contributed by atoms with van der Waals surface area (Å²) in [6.07, 6.45) is -3.46. The molecule has 0 bridgehead atoms. The van der Waals surface area contributed by atoms with E-state index in [1.807, 2.05) is 0 Å². The molecule has 0 aliphatic rings. The Kier molecular flexibility index (Phi) is 5.44. The number of nitrogens with one attached hydrogen (secondary N) is 1. The topological polar surface area (TPSA) is 55.1 Å². The van der Waals surface area contributed by atoms with Crippen LogP contribution in [0, 0.1) is 0 Å². The van der Waals surface area contributed by atoms with Crippen molar-refractivity contribution >= 4 is 5.91 Å². The quantitative estimate of drug-likeness (QED) is 0.643. The highest BCUT2D eigenvalue weighted by atomic mass is 19.3. The van der Waals surface area contributed by atoms with Crippen molar-refractivity contribution in [3.8, 4) is 0 Å². The monoisotopic (exact) mass is 216 g/mol. The normalized spacial score (nSPS) is 11.9. The van der Waals surface area contributed by atoms with Crippen molar-refractivity contribution in [2.45, 2.75) is 25.2 Å². The predicted molar refractivity (Wildman–Crippen MR) is 42.2 cm³/mol. The minimum Gasteiger partial charge on any atom is -0.350 e. The summed E-state index contributed by atoms with van der Waals surface area (Å²) in [5, 5.41) is 1.71. The molecule has 0 radical (unpaired) electrons. The van der Waals surface area contributed by atoms with E-state index >= 15 is 0 Å². The largest absolute Gasteiger partial charge is 0.350 e. The van der Waals surface area contributed by atoms with Gasteiger partial charge in [-0.05, 0) is 13.0 Å². The fourth-order valence-electron chi connectivity index (χ4n) is 0.645. The summed E-state index contributed by atoms with van der Waals surface area (Å²) in [6.45, 7) is -1.09. The second-order valence-electron chi connectivity index (χ2n) is 2.73. The fraction of sp³-hybridized carbons (Fsp3) is 0.857. The second-order valence-corrected chi connectivity index (χ2v) is 2.73. The van der Waals surface area contributed by atoms with E-state index in [-0.39, 0.29) is 13.0 Å². The van der Waals surface area contributed by atoms with E-state index in [0.717, 1.165) is 0 Å². The number of alkyl halides is 4. The van der Waals surface area contributed by atoms with Gasteiger partial charge in [0.25, 0.3) is 0 Å². The van der Waals surface area contributed by atoms with Crippen molar-refractivity contribution in [3.63, 3.8) is 0 Å². The number of carbonyl (C=O) groups excluding carboxylic acids is 1. The van der Waals surface area contributed by atoms with Crippen molar-refractivity contribution in [1.29, 1.82) is 0 Å². The Morgan fingerprint density at radius 2 is 2.00 bits per heavy atom. The van der Waals surface area contributed by atoms with Crippen LogP contribution in [0.25, 0.3) is 0 Å². The maximum Gasteiger partial charge on any atom is 0.324 e. The maximum absolute atomic E-state index is 12.2. The molecule has 7 heteroatoms. The van der Waals surface area contributed by atoms with Gasteiger partial charge in [-0.15, -0.1) is 0 Å². The molecule has 0 spiro atoms. The second kappa shape index (κ2) is 5.79. The highest BCUT2D eigenvalue weighted by Gasteiger charge is 2.40. The molecular weight excluding hydrogens is 204 g/mol. The summed E-state index contributed by atoms with van der Waals surface area (Å²) in [5.41, 5.74) is 5.06. The molecule has 0 aliphatic carbocycles. The summed E-state index contributed by atoms with van der Waals surface area (Å²) in [5.74, 6) is -4.87. The van der Waals surface area contributed by atoms with Crippen molar-refractivity contribution in [1.82, 2.24) is 5.32 Å². The van der Waals surface area contributed by atoms with Crippen LogP contribution in [-0.2, 0) is 4.79 Å². The first-order valence-corrected chi connectivity index (χ1v) is 4.03. The molecule has 0 rings (SSSR count). The molecular formula is C7H12F4N2O. The Morgan fingerprint density at radius 3 is 2.43 bits per heavy atom. The summed E-state index contributed by atoms with van der Waals surface area (Å²) < 4.78 is 47.7. The Morgan fingerprint density at radius 1 is 1.43 bits per heavy atom. The van der Waals surface area contributed by atoms with Gasteiger partial charge < -0.3 is 11.1 Å². The van der Waals surface area contributed by atoms with E-state index in [2.05, 4.69) is 0 Å². The van der Waals surface area contributed by atoms with Crippen molar-refractivity contribution < 1.29 is 22.4 Å². The number of nitrogens with two attached hydrogens (primary N) is 1. The van der Waals surface area contributed by atoms with Gasteiger partial charge in [-0.2, -0.15) is 8.78 Å². The minimum absolute atomic E-state index is 0.0319. The number of halogens is 4. The summed E-state index contributed by atoms with van der Waals surface area (Å²) in [7, 11) is 0. The van der Waals surface area contributed by atoms with Gasteiger partial charge in [0, 0.05) is 6.42 Å². The zero-order valence-corrected chi connectivity index (χ0v) is 7.40. The lowest BCUT2D eigenvalue weighted by Crippen LogP contribution is -2.41. The zero-order valence-electron chi connectivity index (χ0n) is 7.40. The molecule has 3 nitrogen and oxygen atoms in total. The number of carbonyl (C=O) groups is 1. The van der Waals surface area contributed by atoms with E-state index in [1.165, 1.54) is 0 Å². The molecule has 84 valence electrons. The SMILES string of the molecule is NCCCC(=O)NCC(F)(F)C(F)F. The lowest BCUT2D eigenvalue weighted by atomic mass is 10.3. The molecule has 0 saturated heterocycles. The Balaban J connectivity index is 3.76. The first-order valence-electron chi connectivity index (χ1n) is 4.03. The third kappa shape index (κ3) is 5.00. The molecule has 0 saturated carbocycles. The van der Waals surface area contributed by atoms with Crippen LogP contribution in [-0.4, -0.2) is 31.3 Å². The molecule has 0 atom stereocenters. The molecule has 0 aliphatic heterocycles. The molecule has 0 aromatic carbocycles. The molecule has 0 aromatic rings. The lowest BCUT2D eigenvalue weighted by molar-refractivity contribution is -0.136. The van der Waals surface area contributed by atoms with Crippen LogP contribution in [0.4, 0.5) is 17.6 Å². The Hall–Kier alpha value is -0.850. The molecule has 3 N–H and O–H groups in total. The molecule has 0 fully saturated rings. The first-order chi connectivity index (χ1) is 6.40. The van der Waals surface area contributed by atoms with Gasteiger partial charge >= 0.3 is 12.3 Å². The fourth-order valence-corrected chi connectivity index (χ4v) is 0.645. The average molecular weight is 216 g/mol. The van der Waals surface area contributed by atoms with Crippen LogP contribution in [0.15, 0.2) is 0 Å². The van der Waals surface area contributed by atoms with Gasteiger partial charge in [-0.25, -0.2) is 8.78 Å². The number of hydrogen-bond acceptors (Lipinski definition) is 2. The minimum atomic E-state index is -4.17. The van der Waals surface area contributed by atoms with Crippen LogP contribution in [0.5, 0.6) is 0 Å². The molecule has 0 heterocycles. The number of hydrogen-bond donors (Lipinski definition) is 2. The van der Waals surface area contributed by atoms with E-state index in [0.29, 0.717) is 6.42 Å². The molecule has 1 amide bonds. The maximum atomic E-state index is 12.2. The van der Waals surface area contributed by atoms with Crippen LogP contribution in [0.2, 0.25) is 0 Å². The Labute approximate surface area is 78.6 Å². The standard InChI is InChI=1S/C7H12F4N2O/c8-6(9)7(10,11)4-13-5(14)2-1-3-12/h6H,1-4,12H2,(H,13,14). The van der Waals surface area contributed by atoms with Crippen LogP contribution >= 0.6 is 0 Å². The van der Waals surface area contributed by atoms with Gasteiger partial charge in [0.2, 0.25) is 5.91 Å². The van der Waals surface area contributed by atoms with Gasteiger partial charge in [0.15, 0.2) is 0 Å². The summed E-state index contributed by atoms with van der Waals surface area (Å²) in [6, 6.07) is 0.